The summed E-state index contributed by atoms with van der Waals surface area (Å²) in [6.07, 6.45) is -4.00. The van der Waals surface area contributed by atoms with Gasteiger partial charge in [-0.1, -0.05) is 6.08 Å². The number of nitriles is 1. The van der Waals surface area contributed by atoms with Crippen molar-refractivity contribution in [1.82, 2.24) is 4.90 Å². The molecule has 9 heteroatoms. The Balaban J connectivity index is 2.17. The van der Waals surface area contributed by atoms with E-state index in [1.807, 2.05) is 0 Å². The first-order chi connectivity index (χ1) is 12.5. The third-order valence-electron chi connectivity index (χ3n) is 4.29. The maximum atomic E-state index is 13.5. The van der Waals surface area contributed by atoms with Gasteiger partial charge in [-0.15, -0.1) is 0 Å². The smallest absolute Gasteiger partial charge is 0.378 e. The lowest BCUT2D eigenvalue weighted by Gasteiger charge is -2.37. The van der Waals surface area contributed by atoms with Crippen molar-refractivity contribution in [3.05, 3.63) is 41.1 Å². The summed E-state index contributed by atoms with van der Waals surface area (Å²) >= 11 is 0. The van der Waals surface area contributed by atoms with Crippen molar-refractivity contribution < 1.29 is 27.5 Å². The molecule has 0 aromatic heterocycles. The van der Waals surface area contributed by atoms with E-state index in [-0.39, 0.29) is 18.7 Å². The van der Waals surface area contributed by atoms with Crippen LogP contribution in [-0.4, -0.2) is 40.8 Å². The molecule has 0 aliphatic heterocycles. The van der Waals surface area contributed by atoms with Gasteiger partial charge in [-0.25, -0.2) is 4.39 Å². The third-order valence-corrected chi connectivity index (χ3v) is 4.29. The predicted octanol–water partition coefficient (Wildman–Crippen LogP) is 3.21. The fourth-order valence-electron chi connectivity index (χ4n) is 2.69. The highest BCUT2D eigenvalue weighted by atomic mass is 19.4. The molecular formula is C18H19F4N3O2. The summed E-state index contributed by atoms with van der Waals surface area (Å²) in [6.45, 7) is 3.07. The molecule has 1 aromatic carbocycles. The number of aliphatic hydroxyl groups is 1. The molecule has 1 unspecified atom stereocenters. The molecule has 0 radical (unpaired) electrons. The molecule has 1 amide bonds. The van der Waals surface area contributed by atoms with Crippen molar-refractivity contribution in [3.8, 4) is 6.07 Å². The summed E-state index contributed by atoms with van der Waals surface area (Å²) in [6, 6.07) is 4.17. The Morgan fingerprint density at radius 1 is 1.44 bits per heavy atom. The summed E-state index contributed by atoms with van der Waals surface area (Å²) in [4.78, 5) is 13.9. The Labute approximate surface area is 153 Å². The average molecular weight is 385 g/mol. The minimum absolute atomic E-state index is 0.208. The van der Waals surface area contributed by atoms with Crippen LogP contribution in [0, 0.1) is 11.3 Å². The molecule has 0 spiro atoms. The molecule has 146 valence electrons. The van der Waals surface area contributed by atoms with Crippen LogP contribution in [0.5, 0.6) is 0 Å². The molecule has 0 heterocycles. The zero-order chi connectivity index (χ0) is 20.4. The van der Waals surface area contributed by atoms with Gasteiger partial charge in [-0.3, -0.25) is 4.79 Å². The Morgan fingerprint density at radius 2 is 2.11 bits per heavy atom. The Hall–Kier alpha value is -2.60. The maximum Gasteiger partial charge on any atom is 0.417 e. The Morgan fingerprint density at radius 3 is 2.56 bits per heavy atom. The molecule has 27 heavy (non-hydrogen) atoms. The van der Waals surface area contributed by atoms with Gasteiger partial charge in [0.2, 0.25) is 0 Å². The van der Waals surface area contributed by atoms with Gasteiger partial charge in [0.05, 0.1) is 23.7 Å². The second-order valence-electron chi connectivity index (χ2n) is 6.44. The molecule has 0 bridgehead atoms. The lowest BCUT2D eigenvalue weighted by Crippen LogP contribution is -2.50. The normalized spacial score (nSPS) is 18.6. The highest BCUT2D eigenvalue weighted by Gasteiger charge is 2.37. The largest absolute Gasteiger partial charge is 0.417 e. The topological polar surface area (TPSA) is 76.4 Å². The Kier molecular flexibility index (Phi) is 5.80. The summed E-state index contributed by atoms with van der Waals surface area (Å²) in [5.74, 6) is -0.936. The van der Waals surface area contributed by atoms with Crippen molar-refractivity contribution in [1.29, 1.82) is 5.26 Å². The van der Waals surface area contributed by atoms with Crippen molar-refractivity contribution in [3.63, 3.8) is 0 Å². The molecule has 2 N–H and O–H groups in total. The van der Waals surface area contributed by atoms with Crippen LogP contribution in [0.2, 0.25) is 0 Å². The fourth-order valence-corrected chi connectivity index (χ4v) is 2.69. The quantitative estimate of drug-likeness (QED) is 0.738. The van der Waals surface area contributed by atoms with Gasteiger partial charge >= 0.3 is 6.18 Å². The monoisotopic (exact) mass is 385 g/mol. The third kappa shape index (κ3) is 4.57. The van der Waals surface area contributed by atoms with Crippen LogP contribution >= 0.6 is 0 Å². The number of halogens is 4. The number of carbonyl (C=O) groups is 1. The standard InChI is InChI=1S/C18H19F4N3O2/c1-3-25(15-7-6-14(15)19)10-17(2,27)16(26)24-12-5-4-11(9-23)13(8-12)18(20,21)22/h4-5,7-8,14,27H,3,6,10H2,1-2H3,(H,24,26)/t14-,17?/m1/s1. The fraction of sp³-hybridized carbons (Fsp3) is 0.444. The van der Waals surface area contributed by atoms with Gasteiger partial charge in [0.25, 0.3) is 5.91 Å². The van der Waals surface area contributed by atoms with Crippen molar-refractivity contribution >= 4 is 11.6 Å². The minimum Gasteiger partial charge on any atom is -0.378 e. The number of benzene rings is 1. The van der Waals surface area contributed by atoms with Crippen molar-refractivity contribution in [2.24, 2.45) is 0 Å². The molecule has 2 rings (SSSR count). The number of nitrogens with zero attached hydrogens (tertiary/aromatic N) is 2. The second-order valence-corrected chi connectivity index (χ2v) is 6.44. The highest BCUT2D eigenvalue weighted by molar-refractivity contribution is 5.97. The number of nitrogens with one attached hydrogen (secondary N) is 1. The average Bonchev–Trinajstić information content (AvgIpc) is 2.58. The van der Waals surface area contributed by atoms with Crippen LogP contribution in [0.1, 0.15) is 31.4 Å². The molecule has 1 aromatic rings. The summed E-state index contributed by atoms with van der Waals surface area (Å²) < 4.78 is 52.6. The molecule has 0 saturated carbocycles. The second kappa shape index (κ2) is 7.56. The lowest BCUT2D eigenvalue weighted by atomic mass is 9.98. The van der Waals surface area contributed by atoms with Gasteiger partial charge < -0.3 is 15.3 Å². The van der Waals surface area contributed by atoms with E-state index < -0.39 is 35.0 Å². The number of hydrogen-bond acceptors (Lipinski definition) is 4. The first-order valence-corrected chi connectivity index (χ1v) is 8.24. The number of rotatable bonds is 6. The molecule has 1 aliphatic rings. The molecular weight excluding hydrogens is 366 g/mol. The minimum atomic E-state index is -4.76. The van der Waals surface area contributed by atoms with Crippen LogP contribution in [0.4, 0.5) is 23.2 Å². The van der Waals surface area contributed by atoms with E-state index in [9.17, 15) is 27.5 Å². The van der Waals surface area contributed by atoms with Gasteiger partial charge in [0.15, 0.2) is 5.60 Å². The summed E-state index contributed by atoms with van der Waals surface area (Å²) in [5.41, 5.74) is -3.56. The van der Waals surface area contributed by atoms with Gasteiger partial charge in [-0.05, 0) is 32.0 Å². The van der Waals surface area contributed by atoms with E-state index >= 15 is 0 Å². The zero-order valence-corrected chi connectivity index (χ0v) is 14.8. The van der Waals surface area contributed by atoms with Gasteiger partial charge in [0.1, 0.15) is 6.17 Å². The summed E-state index contributed by atoms with van der Waals surface area (Å²) in [7, 11) is 0. The number of hydrogen-bond donors (Lipinski definition) is 2. The molecule has 0 fully saturated rings. The number of anilines is 1. The predicted molar refractivity (Wildman–Crippen MR) is 90.3 cm³/mol. The van der Waals surface area contributed by atoms with Crippen molar-refractivity contribution in [2.75, 3.05) is 18.4 Å². The number of allylic oxidation sites excluding steroid dienone is 2. The van der Waals surface area contributed by atoms with E-state index in [1.165, 1.54) is 17.9 Å². The van der Waals surface area contributed by atoms with Gasteiger partial charge in [-0.2, -0.15) is 18.4 Å². The van der Waals surface area contributed by atoms with E-state index in [0.29, 0.717) is 18.3 Å². The number of likely N-dealkylation sites (N-methyl/N-ethyl adjacent to an activating group) is 1. The van der Waals surface area contributed by atoms with E-state index in [2.05, 4.69) is 5.32 Å². The zero-order valence-electron chi connectivity index (χ0n) is 14.8. The lowest BCUT2D eigenvalue weighted by molar-refractivity contribution is -0.138. The molecule has 2 atom stereocenters. The number of carbonyl (C=O) groups excluding carboxylic acids is 1. The van der Waals surface area contributed by atoms with Crippen LogP contribution in [0.3, 0.4) is 0 Å². The number of amides is 1. The maximum absolute atomic E-state index is 13.5. The van der Waals surface area contributed by atoms with E-state index in [1.54, 1.807) is 13.0 Å². The van der Waals surface area contributed by atoms with E-state index in [4.69, 9.17) is 5.26 Å². The first kappa shape index (κ1) is 20.7. The SMILES string of the molecule is CCN(CC(C)(O)C(=O)Nc1ccc(C#N)c(C(F)(F)F)c1)C1=CC[C@H]1F. The van der Waals surface area contributed by atoms with Crippen LogP contribution in [-0.2, 0) is 11.0 Å². The molecule has 1 aliphatic carbocycles. The summed E-state index contributed by atoms with van der Waals surface area (Å²) in [5, 5.41) is 21.5. The Bertz CT molecular complexity index is 797. The molecule has 5 nitrogen and oxygen atoms in total. The van der Waals surface area contributed by atoms with Gasteiger partial charge in [0, 0.05) is 24.4 Å². The highest BCUT2D eigenvalue weighted by Crippen LogP contribution is 2.34. The van der Waals surface area contributed by atoms with Crippen molar-refractivity contribution in [2.45, 2.75) is 38.2 Å². The van der Waals surface area contributed by atoms with Crippen LogP contribution in [0.15, 0.2) is 30.0 Å². The first-order valence-electron chi connectivity index (χ1n) is 8.24. The molecule has 0 saturated heterocycles. The van der Waals surface area contributed by atoms with Crippen LogP contribution < -0.4 is 5.32 Å². The van der Waals surface area contributed by atoms with Crippen LogP contribution in [0.25, 0.3) is 0 Å². The number of alkyl halides is 4. The van der Waals surface area contributed by atoms with E-state index in [0.717, 1.165) is 12.1 Å².